The first kappa shape index (κ1) is 51.9. The van der Waals surface area contributed by atoms with Crippen molar-refractivity contribution in [1.82, 2.24) is 0 Å². The molecule has 0 aromatic heterocycles. The van der Waals surface area contributed by atoms with Crippen LogP contribution in [0.15, 0.2) is 0 Å². The van der Waals surface area contributed by atoms with Crippen LogP contribution in [-0.4, -0.2) is 4.89 Å². The molecule has 0 spiro atoms. The summed E-state index contributed by atoms with van der Waals surface area (Å²) in [6, 6.07) is 0. The van der Waals surface area contributed by atoms with Crippen molar-refractivity contribution in [2.75, 3.05) is 0 Å². The molecule has 53 heavy (non-hydrogen) atoms. The number of hydrogen-bond donors (Lipinski definition) is 1. The summed E-state index contributed by atoms with van der Waals surface area (Å²) in [5.41, 5.74) is 0. The number of hydrogen-bond acceptors (Lipinski definition) is 3. The molecule has 0 bridgehead atoms. The van der Waals surface area contributed by atoms with E-state index in [4.69, 9.17) is 9.05 Å². The van der Waals surface area contributed by atoms with E-state index in [-0.39, 0.29) is 0 Å². The average Bonchev–Trinajstić information content (AvgIpc) is 3.15. The van der Waals surface area contributed by atoms with Crippen LogP contribution in [0.5, 0.6) is 0 Å². The van der Waals surface area contributed by atoms with E-state index in [0.717, 1.165) is 25.7 Å². The van der Waals surface area contributed by atoms with Crippen molar-refractivity contribution in [2.45, 2.75) is 284 Å². The largest absolute Gasteiger partial charge is 0.602 e. The minimum Gasteiger partial charge on any atom is -0.341 e. The lowest BCUT2D eigenvalue weighted by Crippen LogP contribution is -1.85. The molecule has 0 unspecified atom stereocenters. The molecule has 5 heteroatoms. The zero-order chi connectivity index (χ0) is 38.4. The molecule has 0 aliphatic rings. The second-order valence-corrected chi connectivity index (χ2v) is 17.4. The van der Waals surface area contributed by atoms with Gasteiger partial charge in [-0.05, 0) is 12.8 Å². The fraction of sp³-hybridized carbons (Fsp3) is 0.917. The van der Waals surface area contributed by atoms with Crippen molar-refractivity contribution in [3.05, 3.63) is 0 Å². The Morgan fingerprint density at radius 3 is 0.679 bits per heavy atom. The molecular weight excluding hydrogens is 671 g/mol. The van der Waals surface area contributed by atoms with E-state index in [1.807, 2.05) is 0 Å². The summed E-state index contributed by atoms with van der Waals surface area (Å²) < 4.78 is 21.4. The maximum atomic E-state index is 12.0. The van der Waals surface area contributed by atoms with Crippen molar-refractivity contribution in [3.63, 3.8) is 0 Å². The Bertz CT molecular complexity index is 813. The van der Waals surface area contributed by atoms with Crippen LogP contribution in [0.2, 0.25) is 0 Å². The molecule has 0 aromatic carbocycles. The second-order valence-electron chi connectivity index (χ2n) is 16.1. The minimum absolute atomic E-state index is 0.671. The highest BCUT2D eigenvalue weighted by molar-refractivity contribution is 7.47. The third-order valence-electron chi connectivity index (χ3n) is 10.8. The predicted octanol–water partition coefficient (Wildman–Crippen LogP) is 17.5. The maximum Gasteiger partial charge on any atom is 0.602 e. The lowest BCUT2D eigenvalue weighted by Gasteiger charge is -2.04. The summed E-state index contributed by atoms with van der Waals surface area (Å²) in [7, 11) is -4.23. The van der Waals surface area contributed by atoms with Gasteiger partial charge >= 0.3 is 7.82 Å². The van der Waals surface area contributed by atoms with Gasteiger partial charge in [0.2, 0.25) is 0 Å². The molecule has 0 saturated carbocycles. The summed E-state index contributed by atoms with van der Waals surface area (Å²) in [5.74, 6) is 5.67. The third kappa shape index (κ3) is 47.0. The Balaban J connectivity index is 3.38. The van der Waals surface area contributed by atoms with Crippen LogP contribution in [-0.2, 0) is 13.6 Å². The summed E-state index contributed by atoms with van der Waals surface area (Å²) in [4.78, 5) is 9.76. The van der Waals surface area contributed by atoms with Gasteiger partial charge in [-0.3, -0.25) is 4.89 Å². The van der Waals surface area contributed by atoms with Crippen molar-refractivity contribution in [3.8, 4) is 24.1 Å². The molecule has 0 fully saturated rings. The van der Waals surface area contributed by atoms with Gasteiger partial charge in [-0.25, -0.2) is 4.57 Å². The van der Waals surface area contributed by atoms with Crippen LogP contribution in [0.3, 0.4) is 0 Å². The van der Waals surface area contributed by atoms with Gasteiger partial charge in [-0.15, -0.1) is 0 Å². The molecule has 0 aliphatic heterocycles. The lowest BCUT2D eigenvalue weighted by molar-refractivity contribution is 0.263. The first-order valence-corrected chi connectivity index (χ1v) is 25.3. The Morgan fingerprint density at radius 2 is 0.491 bits per heavy atom. The van der Waals surface area contributed by atoms with E-state index in [1.165, 1.54) is 231 Å². The van der Waals surface area contributed by atoms with Crippen LogP contribution < -0.4 is 0 Å². The Hall–Kier alpha value is -1.09. The second kappa shape index (κ2) is 45.3. The standard InChI is InChI=1S/C48H91O4P/c1-3-5-7-9-11-13-15-17-19-21-23-25-27-29-31-33-35-37-39-41-43-45-47-51-53(49,50)52-48-46-44-42-40-38-36-34-32-30-28-26-24-22-20-18-16-14-12-10-8-6-4-2/h3-44H2,1-2H3,(H,49,50). The molecular formula is C48H91O4P. The highest BCUT2D eigenvalue weighted by Gasteiger charge is 2.21. The first-order valence-electron chi connectivity index (χ1n) is 23.8. The molecule has 0 saturated heterocycles. The van der Waals surface area contributed by atoms with Gasteiger partial charge in [0.1, 0.15) is 12.2 Å². The monoisotopic (exact) mass is 763 g/mol. The molecule has 0 radical (unpaired) electrons. The van der Waals surface area contributed by atoms with Gasteiger partial charge < -0.3 is 9.05 Å². The molecule has 0 rings (SSSR count). The van der Waals surface area contributed by atoms with Gasteiger partial charge in [-0.1, -0.05) is 270 Å². The first-order chi connectivity index (χ1) is 26.1. The topological polar surface area (TPSA) is 55.8 Å². The van der Waals surface area contributed by atoms with Crippen molar-refractivity contribution >= 4 is 7.82 Å². The number of unbranched alkanes of at least 4 members (excludes halogenated alkanes) is 40. The van der Waals surface area contributed by atoms with Gasteiger partial charge in [0, 0.05) is 12.8 Å². The van der Waals surface area contributed by atoms with E-state index in [1.54, 1.807) is 0 Å². The smallest absolute Gasteiger partial charge is 0.341 e. The maximum absolute atomic E-state index is 12.0. The fourth-order valence-electron chi connectivity index (χ4n) is 7.24. The van der Waals surface area contributed by atoms with E-state index < -0.39 is 7.82 Å². The minimum atomic E-state index is -4.23. The quantitative estimate of drug-likeness (QED) is 0.0382. The molecule has 0 amide bonds. The predicted molar refractivity (Wildman–Crippen MR) is 233 cm³/mol. The Morgan fingerprint density at radius 1 is 0.321 bits per heavy atom. The van der Waals surface area contributed by atoms with Crippen LogP contribution >= 0.6 is 7.82 Å². The summed E-state index contributed by atoms with van der Waals surface area (Å²) >= 11 is 0. The van der Waals surface area contributed by atoms with E-state index >= 15 is 0 Å². The normalized spacial score (nSPS) is 11.2. The van der Waals surface area contributed by atoms with Crippen LogP contribution in [0.1, 0.15) is 284 Å². The van der Waals surface area contributed by atoms with Crippen molar-refractivity contribution in [2.24, 2.45) is 0 Å². The summed E-state index contributed by atoms with van der Waals surface area (Å²) in [6.45, 7) is 4.58. The van der Waals surface area contributed by atoms with Crippen LogP contribution in [0.4, 0.5) is 0 Å². The third-order valence-corrected chi connectivity index (χ3v) is 11.4. The van der Waals surface area contributed by atoms with Crippen LogP contribution in [0, 0.1) is 24.1 Å². The van der Waals surface area contributed by atoms with Crippen molar-refractivity contribution in [1.29, 1.82) is 0 Å². The lowest BCUT2D eigenvalue weighted by atomic mass is 10.0. The highest BCUT2D eigenvalue weighted by atomic mass is 31.2. The molecule has 0 atom stereocenters. The van der Waals surface area contributed by atoms with E-state index in [0.29, 0.717) is 12.8 Å². The number of rotatable bonds is 42. The van der Waals surface area contributed by atoms with Gasteiger partial charge in [-0.2, -0.15) is 0 Å². The molecule has 1 N–H and O–H groups in total. The average molecular weight is 763 g/mol. The van der Waals surface area contributed by atoms with Gasteiger partial charge in [0.25, 0.3) is 0 Å². The number of phosphoric acid groups is 1. The van der Waals surface area contributed by atoms with E-state index in [2.05, 4.69) is 37.9 Å². The van der Waals surface area contributed by atoms with Crippen molar-refractivity contribution < 1.29 is 18.5 Å². The number of phosphoric ester groups is 1. The zero-order valence-electron chi connectivity index (χ0n) is 35.8. The molecule has 4 nitrogen and oxygen atoms in total. The SMILES string of the molecule is CCCCCCCCCCCCCCCCCCCCCCC#COP(=O)(O)OC#CCCCCCCCCCCCCCCCCCCCCCC. The Labute approximate surface area is 332 Å². The summed E-state index contributed by atoms with van der Waals surface area (Å²) in [6.07, 6.45) is 60.6. The molecule has 0 aliphatic carbocycles. The fourth-order valence-corrected chi connectivity index (χ4v) is 7.63. The van der Waals surface area contributed by atoms with Gasteiger partial charge in [0.15, 0.2) is 0 Å². The highest BCUT2D eigenvalue weighted by Crippen LogP contribution is 2.42. The van der Waals surface area contributed by atoms with E-state index in [9.17, 15) is 9.46 Å². The molecule has 0 heterocycles. The zero-order valence-corrected chi connectivity index (χ0v) is 36.7. The summed E-state index contributed by atoms with van der Waals surface area (Å²) in [5, 5.41) is 0. The molecule has 0 aromatic rings. The Kier molecular flexibility index (Phi) is 44.4. The molecule has 312 valence electrons. The van der Waals surface area contributed by atoms with Crippen LogP contribution in [0.25, 0.3) is 0 Å². The van der Waals surface area contributed by atoms with Gasteiger partial charge in [0.05, 0.1) is 0 Å².